The fourth-order valence-corrected chi connectivity index (χ4v) is 3.03. The van der Waals surface area contributed by atoms with Crippen LogP contribution in [0.5, 0.6) is 0 Å². The number of carbonyl (C=O) groups is 2. The highest BCUT2D eigenvalue weighted by Crippen LogP contribution is 2.22. The molecule has 1 aromatic rings. The molecule has 2 rings (SSSR count). The largest absolute Gasteiger partial charge is 0.544 e. The summed E-state index contributed by atoms with van der Waals surface area (Å²) < 4.78 is 0. The number of carboxylic acid groups (broad SMARTS) is 1. The second-order valence-corrected chi connectivity index (χ2v) is 7.19. The Labute approximate surface area is 132 Å². The number of aliphatic carboxylic acids is 1. The van der Waals surface area contributed by atoms with E-state index in [0.717, 1.165) is 36.4 Å². The first-order valence-electron chi connectivity index (χ1n) is 7.98. The molecule has 4 heteroatoms. The highest BCUT2D eigenvalue weighted by molar-refractivity contribution is 5.98. The number of carbonyl (C=O) groups excluding carboxylic acids is 2. The fraction of sp³-hybridized carbons (Fsp3) is 0.556. The van der Waals surface area contributed by atoms with Gasteiger partial charge in [0.05, 0.1) is 25.5 Å². The molecule has 1 aliphatic rings. The molecular weight excluding hydrogens is 278 g/mol. The lowest BCUT2D eigenvalue weighted by atomic mass is 9.86. The van der Waals surface area contributed by atoms with Crippen molar-refractivity contribution < 1.29 is 19.6 Å². The zero-order chi connectivity index (χ0) is 16.3. The lowest BCUT2D eigenvalue weighted by Crippen LogP contribution is -3.15. The summed E-state index contributed by atoms with van der Waals surface area (Å²) in [4.78, 5) is 24.7. The first-order chi connectivity index (χ1) is 10.3. The smallest absolute Gasteiger partial charge is 0.169 e. The van der Waals surface area contributed by atoms with E-state index in [1.165, 1.54) is 0 Å². The van der Waals surface area contributed by atoms with E-state index in [1.54, 1.807) is 12.1 Å². The van der Waals surface area contributed by atoms with Crippen LogP contribution in [0.15, 0.2) is 24.3 Å². The average molecular weight is 303 g/mol. The number of carboxylic acids is 1. The van der Waals surface area contributed by atoms with Gasteiger partial charge in [-0.1, -0.05) is 45.0 Å². The zero-order valence-corrected chi connectivity index (χ0v) is 13.6. The van der Waals surface area contributed by atoms with Crippen LogP contribution in [0.25, 0.3) is 0 Å². The van der Waals surface area contributed by atoms with Gasteiger partial charge in [-0.05, 0) is 11.0 Å². The number of ketones is 1. The molecule has 0 bridgehead atoms. The Morgan fingerprint density at radius 2 is 1.68 bits per heavy atom. The average Bonchev–Trinajstić information content (AvgIpc) is 2.97. The summed E-state index contributed by atoms with van der Waals surface area (Å²) in [5.41, 5.74) is 1.78. The Morgan fingerprint density at radius 1 is 1.14 bits per heavy atom. The quantitative estimate of drug-likeness (QED) is 0.799. The highest BCUT2D eigenvalue weighted by atomic mass is 16.4. The molecule has 1 aromatic carbocycles. The summed E-state index contributed by atoms with van der Waals surface area (Å²) in [6.45, 7) is 7.98. The van der Waals surface area contributed by atoms with Gasteiger partial charge in [0.2, 0.25) is 0 Å². The fourth-order valence-electron chi connectivity index (χ4n) is 3.03. The molecule has 1 heterocycles. The third kappa shape index (κ3) is 3.95. The van der Waals surface area contributed by atoms with Gasteiger partial charge in [-0.25, -0.2) is 0 Å². The minimum Gasteiger partial charge on any atom is -0.544 e. The molecule has 120 valence electrons. The van der Waals surface area contributed by atoms with Crippen LogP contribution in [0, 0.1) is 0 Å². The van der Waals surface area contributed by atoms with Gasteiger partial charge in [-0.3, -0.25) is 4.79 Å². The van der Waals surface area contributed by atoms with Crippen LogP contribution < -0.4 is 10.0 Å². The summed E-state index contributed by atoms with van der Waals surface area (Å²) >= 11 is 0. The SMILES string of the molecule is CC(C)(C)c1ccc(C(=O)C[C@H](C(=O)[O-])[NH+]2CCCC2)cc1. The van der Waals surface area contributed by atoms with E-state index in [-0.39, 0.29) is 17.6 Å². The van der Waals surface area contributed by atoms with Crippen LogP contribution in [-0.4, -0.2) is 30.9 Å². The monoisotopic (exact) mass is 303 g/mol. The first kappa shape index (κ1) is 16.7. The van der Waals surface area contributed by atoms with Gasteiger partial charge in [0.25, 0.3) is 0 Å². The van der Waals surface area contributed by atoms with Gasteiger partial charge in [-0.2, -0.15) is 0 Å². The van der Waals surface area contributed by atoms with Crippen molar-refractivity contribution in [2.75, 3.05) is 13.1 Å². The summed E-state index contributed by atoms with van der Waals surface area (Å²) in [5.74, 6) is -1.23. The Hall–Kier alpha value is -1.68. The summed E-state index contributed by atoms with van der Waals surface area (Å²) in [5, 5.41) is 11.4. The molecule has 1 atom stereocenters. The number of benzene rings is 1. The maximum Gasteiger partial charge on any atom is 0.169 e. The van der Waals surface area contributed by atoms with Gasteiger partial charge in [-0.15, -0.1) is 0 Å². The molecule has 0 aromatic heterocycles. The molecule has 1 saturated heterocycles. The van der Waals surface area contributed by atoms with E-state index >= 15 is 0 Å². The summed E-state index contributed by atoms with van der Waals surface area (Å²) in [6, 6.07) is 6.77. The van der Waals surface area contributed by atoms with Crippen LogP contribution in [0.4, 0.5) is 0 Å². The van der Waals surface area contributed by atoms with Gasteiger partial charge in [0, 0.05) is 18.4 Å². The van der Waals surface area contributed by atoms with Crippen LogP contribution in [0.2, 0.25) is 0 Å². The summed E-state index contributed by atoms with van der Waals surface area (Å²) in [6.07, 6.45) is 2.06. The van der Waals surface area contributed by atoms with Crippen LogP contribution in [0.1, 0.15) is 56.0 Å². The van der Waals surface area contributed by atoms with Crippen LogP contribution >= 0.6 is 0 Å². The number of quaternary nitrogens is 1. The standard InChI is InChI=1S/C18H25NO3/c1-18(2,3)14-8-6-13(7-9-14)16(20)12-15(17(21)22)19-10-4-5-11-19/h6-9,15H,4-5,10-12H2,1-3H3,(H,21,22)/t15-/m1/s1. The van der Waals surface area contributed by atoms with Crippen molar-refractivity contribution in [3.8, 4) is 0 Å². The van der Waals surface area contributed by atoms with Crippen molar-refractivity contribution in [2.45, 2.75) is 51.5 Å². The van der Waals surface area contributed by atoms with Crippen molar-refractivity contribution in [2.24, 2.45) is 0 Å². The lowest BCUT2D eigenvalue weighted by molar-refractivity contribution is -0.906. The molecule has 0 unspecified atom stereocenters. The van der Waals surface area contributed by atoms with Gasteiger partial charge < -0.3 is 14.8 Å². The molecule has 0 aliphatic carbocycles. The number of hydrogen-bond donors (Lipinski definition) is 1. The van der Waals surface area contributed by atoms with E-state index in [9.17, 15) is 14.7 Å². The Balaban J connectivity index is 2.08. The number of Topliss-reactive ketones (excluding diaryl/α,β-unsaturated/α-hetero) is 1. The predicted octanol–water partition coefficient (Wildman–Crippen LogP) is 0.354. The topological polar surface area (TPSA) is 61.6 Å². The third-order valence-corrected chi connectivity index (χ3v) is 4.49. The second kappa shape index (κ2) is 6.61. The Morgan fingerprint density at radius 3 is 2.14 bits per heavy atom. The molecule has 22 heavy (non-hydrogen) atoms. The molecule has 1 N–H and O–H groups in total. The molecule has 0 spiro atoms. The Kier molecular flexibility index (Phi) is 5.01. The lowest BCUT2D eigenvalue weighted by Gasteiger charge is -2.25. The number of hydrogen-bond acceptors (Lipinski definition) is 3. The highest BCUT2D eigenvalue weighted by Gasteiger charge is 2.29. The van der Waals surface area contributed by atoms with Crippen molar-refractivity contribution in [1.82, 2.24) is 0 Å². The van der Waals surface area contributed by atoms with E-state index in [0.29, 0.717) is 5.56 Å². The van der Waals surface area contributed by atoms with Gasteiger partial charge >= 0.3 is 0 Å². The van der Waals surface area contributed by atoms with Crippen LogP contribution in [-0.2, 0) is 10.2 Å². The zero-order valence-electron chi connectivity index (χ0n) is 13.6. The normalized spacial score (nSPS) is 17.4. The Bertz CT molecular complexity index is 536. The van der Waals surface area contributed by atoms with Gasteiger partial charge in [0.15, 0.2) is 5.78 Å². The van der Waals surface area contributed by atoms with E-state index in [1.807, 2.05) is 12.1 Å². The van der Waals surface area contributed by atoms with E-state index < -0.39 is 12.0 Å². The predicted molar refractivity (Wildman–Crippen MR) is 82.8 cm³/mol. The second-order valence-electron chi connectivity index (χ2n) is 7.19. The van der Waals surface area contributed by atoms with Crippen molar-refractivity contribution in [1.29, 1.82) is 0 Å². The van der Waals surface area contributed by atoms with E-state index in [4.69, 9.17) is 0 Å². The van der Waals surface area contributed by atoms with Crippen molar-refractivity contribution in [3.05, 3.63) is 35.4 Å². The van der Waals surface area contributed by atoms with Crippen LogP contribution in [0.3, 0.4) is 0 Å². The molecule has 0 amide bonds. The number of rotatable bonds is 5. The first-order valence-corrected chi connectivity index (χ1v) is 7.98. The molecule has 0 radical (unpaired) electrons. The molecule has 4 nitrogen and oxygen atoms in total. The molecule has 0 saturated carbocycles. The summed E-state index contributed by atoms with van der Waals surface area (Å²) in [7, 11) is 0. The number of nitrogens with one attached hydrogen (secondary N) is 1. The number of likely N-dealkylation sites (tertiary alicyclic amines) is 1. The minimum absolute atomic E-state index is 0.0204. The molecular formula is C18H25NO3. The van der Waals surface area contributed by atoms with Crippen molar-refractivity contribution in [3.63, 3.8) is 0 Å². The van der Waals surface area contributed by atoms with E-state index in [2.05, 4.69) is 20.8 Å². The molecule has 1 aliphatic heterocycles. The minimum atomic E-state index is -1.11. The maximum absolute atomic E-state index is 12.4. The van der Waals surface area contributed by atoms with Crippen molar-refractivity contribution >= 4 is 11.8 Å². The van der Waals surface area contributed by atoms with Gasteiger partial charge in [0.1, 0.15) is 6.04 Å². The maximum atomic E-state index is 12.4. The third-order valence-electron chi connectivity index (χ3n) is 4.49. The molecule has 1 fully saturated rings.